The van der Waals surface area contributed by atoms with Crippen LogP contribution in [0.3, 0.4) is 0 Å². The second kappa shape index (κ2) is 7.54. The molecule has 4 rings (SSSR count). The van der Waals surface area contributed by atoms with E-state index in [9.17, 15) is 14.4 Å². The molecule has 2 aromatic rings. The number of nitrogens with zero attached hydrogens (tertiary/aromatic N) is 4. The second-order valence-electron chi connectivity index (χ2n) is 8.05. The van der Waals surface area contributed by atoms with Crippen LogP contribution in [-0.4, -0.2) is 57.9 Å². The molecule has 2 fully saturated rings. The number of benzene rings is 1. The highest BCUT2D eigenvalue weighted by atomic mass is 16.2. The summed E-state index contributed by atoms with van der Waals surface area (Å²) in [6, 6.07) is 6.93. The lowest BCUT2D eigenvalue weighted by atomic mass is 9.93. The SMILES string of the molecule is CCN(CC)C(=O)Cn1ccc2cc(N3C(=O)[C@@H]4C[C@H](C)CCN4C3=O)ccc21. The Morgan fingerprint density at radius 1 is 1.17 bits per heavy atom. The molecule has 0 saturated carbocycles. The van der Waals surface area contributed by atoms with Gasteiger partial charge >= 0.3 is 6.03 Å². The molecule has 0 spiro atoms. The van der Waals surface area contributed by atoms with E-state index < -0.39 is 0 Å². The van der Waals surface area contributed by atoms with Gasteiger partial charge in [0.25, 0.3) is 5.91 Å². The average Bonchev–Trinajstić information content (AvgIpc) is 3.21. The lowest BCUT2D eigenvalue weighted by molar-refractivity contribution is -0.131. The number of imide groups is 1. The maximum Gasteiger partial charge on any atom is 0.332 e. The number of hydrogen-bond acceptors (Lipinski definition) is 3. The Labute approximate surface area is 170 Å². The van der Waals surface area contributed by atoms with Crippen molar-refractivity contribution in [2.75, 3.05) is 24.5 Å². The summed E-state index contributed by atoms with van der Waals surface area (Å²) in [6.45, 7) is 8.37. The number of fused-ring (bicyclic) bond motifs is 2. The summed E-state index contributed by atoms with van der Waals surface area (Å²) in [5.41, 5.74) is 1.52. The zero-order valence-electron chi connectivity index (χ0n) is 17.3. The third-order valence-electron chi connectivity index (χ3n) is 6.24. The average molecular weight is 396 g/mol. The van der Waals surface area contributed by atoms with Crippen molar-refractivity contribution in [1.82, 2.24) is 14.4 Å². The van der Waals surface area contributed by atoms with Gasteiger partial charge in [-0.1, -0.05) is 6.92 Å². The van der Waals surface area contributed by atoms with Crippen LogP contribution in [0.5, 0.6) is 0 Å². The molecule has 7 nitrogen and oxygen atoms in total. The first-order valence-corrected chi connectivity index (χ1v) is 10.5. The van der Waals surface area contributed by atoms with E-state index in [0.717, 1.165) is 23.7 Å². The van der Waals surface area contributed by atoms with Crippen molar-refractivity contribution in [1.29, 1.82) is 0 Å². The summed E-state index contributed by atoms with van der Waals surface area (Å²) in [6.07, 6.45) is 3.55. The van der Waals surface area contributed by atoms with Crippen molar-refractivity contribution in [2.24, 2.45) is 5.92 Å². The van der Waals surface area contributed by atoms with Crippen LogP contribution in [0.15, 0.2) is 30.5 Å². The summed E-state index contributed by atoms with van der Waals surface area (Å²) in [5, 5.41) is 0.911. The molecule has 2 aliphatic rings. The highest BCUT2D eigenvalue weighted by Crippen LogP contribution is 2.34. The molecule has 3 heterocycles. The van der Waals surface area contributed by atoms with Crippen LogP contribution in [-0.2, 0) is 16.1 Å². The second-order valence-corrected chi connectivity index (χ2v) is 8.05. The van der Waals surface area contributed by atoms with E-state index in [2.05, 4.69) is 6.92 Å². The fourth-order valence-electron chi connectivity index (χ4n) is 4.50. The van der Waals surface area contributed by atoms with E-state index in [0.29, 0.717) is 31.2 Å². The Morgan fingerprint density at radius 3 is 2.66 bits per heavy atom. The van der Waals surface area contributed by atoms with Gasteiger partial charge in [0.05, 0.1) is 5.69 Å². The topological polar surface area (TPSA) is 65.9 Å². The fraction of sp³-hybridized carbons (Fsp3) is 0.500. The smallest absolute Gasteiger partial charge is 0.332 e. The van der Waals surface area contributed by atoms with E-state index in [4.69, 9.17) is 0 Å². The molecule has 0 unspecified atom stereocenters. The van der Waals surface area contributed by atoms with Crippen molar-refractivity contribution in [2.45, 2.75) is 46.2 Å². The summed E-state index contributed by atoms with van der Waals surface area (Å²) in [4.78, 5) is 43.1. The minimum absolute atomic E-state index is 0.0764. The summed E-state index contributed by atoms with van der Waals surface area (Å²) >= 11 is 0. The van der Waals surface area contributed by atoms with Gasteiger partial charge in [0.15, 0.2) is 0 Å². The maximum atomic E-state index is 12.9. The molecule has 154 valence electrons. The number of hydrogen-bond donors (Lipinski definition) is 0. The summed E-state index contributed by atoms with van der Waals surface area (Å²) < 4.78 is 1.92. The van der Waals surface area contributed by atoms with Crippen LogP contribution in [0.1, 0.15) is 33.6 Å². The van der Waals surface area contributed by atoms with Crippen molar-refractivity contribution >= 4 is 34.4 Å². The molecule has 2 aliphatic heterocycles. The Morgan fingerprint density at radius 2 is 1.93 bits per heavy atom. The zero-order valence-corrected chi connectivity index (χ0v) is 17.3. The Balaban J connectivity index is 1.60. The van der Waals surface area contributed by atoms with E-state index >= 15 is 0 Å². The normalized spacial score (nSPS) is 21.8. The lowest BCUT2D eigenvalue weighted by Crippen LogP contribution is -2.41. The number of rotatable bonds is 5. The molecule has 0 aliphatic carbocycles. The lowest BCUT2D eigenvalue weighted by Gasteiger charge is -2.30. The van der Waals surface area contributed by atoms with Gasteiger partial charge in [-0.05, 0) is 56.9 Å². The minimum Gasteiger partial charge on any atom is -0.342 e. The van der Waals surface area contributed by atoms with Gasteiger partial charge in [0.2, 0.25) is 5.91 Å². The van der Waals surface area contributed by atoms with E-state index in [1.54, 1.807) is 15.9 Å². The first-order valence-electron chi connectivity index (χ1n) is 10.5. The third kappa shape index (κ3) is 3.28. The van der Waals surface area contributed by atoms with Gasteiger partial charge in [-0.3, -0.25) is 9.59 Å². The van der Waals surface area contributed by atoms with Crippen LogP contribution >= 0.6 is 0 Å². The highest BCUT2D eigenvalue weighted by molar-refractivity contribution is 6.21. The van der Waals surface area contributed by atoms with Gasteiger partial charge in [0, 0.05) is 36.7 Å². The largest absolute Gasteiger partial charge is 0.342 e. The number of amides is 4. The van der Waals surface area contributed by atoms with Gasteiger partial charge in [-0.15, -0.1) is 0 Å². The predicted molar refractivity (Wildman–Crippen MR) is 112 cm³/mol. The third-order valence-corrected chi connectivity index (χ3v) is 6.24. The molecule has 0 bridgehead atoms. The first-order chi connectivity index (χ1) is 13.9. The molecule has 0 N–H and O–H groups in total. The molecule has 1 aromatic carbocycles. The summed E-state index contributed by atoms with van der Waals surface area (Å²) in [5.74, 6) is 0.400. The predicted octanol–water partition coefficient (Wildman–Crippen LogP) is 3.08. The van der Waals surface area contributed by atoms with Crippen molar-refractivity contribution in [3.63, 3.8) is 0 Å². The summed E-state index contributed by atoms with van der Waals surface area (Å²) in [7, 11) is 0. The Hall–Kier alpha value is -2.83. The number of anilines is 1. The molecule has 4 amide bonds. The van der Waals surface area contributed by atoms with Crippen LogP contribution in [0.4, 0.5) is 10.5 Å². The van der Waals surface area contributed by atoms with Crippen LogP contribution in [0.25, 0.3) is 10.9 Å². The first kappa shape index (κ1) is 19.5. The van der Waals surface area contributed by atoms with E-state index in [1.807, 2.05) is 42.8 Å². The molecule has 1 aromatic heterocycles. The number of aromatic nitrogens is 1. The number of carbonyl (C=O) groups is 3. The van der Waals surface area contributed by atoms with Crippen molar-refractivity contribution < 1.29 is 14.4 Å². The van der Waals surface area contributed by atoms with Gasteiger partial charge in [-0.25, -0.2) is 9.69 Å². The minimum atomic E-state index is -0.335. The molecular weight excluding hydrogens is 368 g/mol. The van der Waals surface area contributed by atoms with E-state index in [-0.39, 0.29) is 30.4 Å². The monoisotopic (exact) mass is 396 g/mol. The Kier molecular flexibility index (Phi) is 5.06. The standard InChI is InChI=1S/C22H28N4O3/c1-4-23(5-2)20(27)14-24-10-9-16-13-17(6-7-18(16)24)26-21(28)19-12-15(3)8-11-25(19)22(26)29/h6-7,9-10,13,15,19H,4-5,8,11-12,14H2,1-3H3/t15-,19+/m1/s1. The number of carbonyl (C=O) groups excluding carboxylic acids is 3. The van der Waals surface area contributed by atoms with E-state index in [1.165, 1.54) is 4.90 Å². The van der Waals surface area contributed by atoms with Crippen LogP contribution in [0, 0.1) is 5.92 Å². The molecule has 7 heteroatoms. The molecule has 0 radical (unpaired) electrons. The Bertz CT molecular complexity index is 962. The quantitative estimate of drug-likeness (QED) is 0.730. The molecule has 2 atom stereocenters. The van der Waals surface area contributed by atoms with Gasteiger partial charge in [-0.2, -0.15) is 0 Å². The number of likely N-dealkylation sites (N-methyl/N-ethyl adjacent to an activating group) is 1. The fourth-order valence-corrected chi connectivity index (χ4v) is 4.50. The molecule has 29 heavy (non-hydrogen) atoms. The van der Waals surface area contributed by atoms with Crippen LogP contribution < -0.4 is 4.90 Å². The number of urea groups is 1. The van der Waals surface area contributed by atoms with Crippen molar-refractivity contribution in [3.05, 3.63) is 30.5 Å². The van der Waals surface area contributed by atoms with Gasteiger partial charge < -0.3 is 14.4 Å². The zero-order chi connectivity index (χ0) is 20.7. The van der Waals surface area contributed by atoms with Gasteiger partial charge in [0.1, 0.15) is 12.6 Å². The van der Waals surface area contributed by atoms with Crippen LogP contribution in [0.2, 0.25) is 0 Å². The molecule has 2 saturated heterocycles. The number of piperidine rings is 1. The maximum absolute atomic E-state index is 12.9. The molecular formula is C22H28N4O3. The van der Waals surface area contributed by atoms with Crippen molar-refractivity contribution in [3.8, 4) is 0 Å². The highest BCUT2D eigenvalue weighted by Gasteiger charge is 2.47.